The van der Waals surface area contributed by atoms with E-state index in [9.17, 15) is 14.4 Å². The molecular formula is C61H106O6. The van der Waals surface area contributed by atoms with Crippen molar-refractivity contribution in [3.8, 4) is 0 Å². The fourth-order valence-electron chi connectivity index (χ4n) is 7.84. The number of unbranched alkanes of at least 4 members (excludes halogenated alkanes) is 28. The van der Waals surface area contributed by atoms with Gasteiger partial charge in [-0.1, -0.05) is 222 Å². The summed E-state index contributed by atoms with van der Waals surface area (Å²) in [5.41, 5.74) is 0. The Morgan fingerprint density at radius 1 is 0.299 bits per heavy atom. The van der Waals surface area contributed by atoms with Gasteiger partial charge in [0.05, 0.1) is 0 Å². The zero-order chi connectivity index (χ0) is 48.6. The molecule has 0 rings (SSSR count). The van der Waals surface area contributed by atoms with Gasteiger partial charge in [-0.3, -0.25) is 14.4 Å². The second-order valence-electron chi connectivity index (χ2n) is 18.8. The first-order chi connectivity index (χ1) is 33.0. The van der Waals surface area contributed by atoms with Gasteiger partial charge < -0.3 is 14.2 Å². The number of carbonyl (C=O) groups excluding carboxylic acids is 3. The smallest absolute Gasteiger partial charge is 0.306 e. The lowest BCUT2D eigenvalue weighted by Gasteiger charge is -2.18. The molecule has 6 nitrogen and oxygen atoms in total. The van der Waals surface area contributed by atoms with E-state index in [1.165, 1.54) is 148 Å². The monoisotopic (exact) mass is 935 g/mol. The second-order valence-corrected chi connectivity index (χ2v) is 18.8. The third-order valence-corrected chi connectivity index (χ3v) is 12.2. The van der Waals surface area contributed by atoms with Gasteiger partial charge in [0, 0.05) is 19.3 Å². The van der Waals surface area contributed by atoms with E-state index in [4.69, 9.17) is 14.2 Å². The van der Waals surface area contributed by atoms with Crippen LogP contribution in [0.3, 0.4) is 0 Å². The Morgan fingerprint density at radius 3 is 0.940 bits per heavy atom. The summed E-state index contributed by atoms with van der Waals surface area (Å²) in [6, 6.07) is 0. The van der Waals surface area contributed by atoms with Crippen molar-refractivity contribution in [3.63, 3.8) is 0 Å². The van der Waals surface area contributed by atoms with Crippen molar-refractivity contribution in [2.75, 3.05) is 13.2 Å². The molecule has 0 aliphatic heterocycles. The van der Waals surface area contributed by atoms with E-state index in [2.05, 4.69) is 93.7 Å². The summed E-state index contributed by atoms with van der Waals surface area (Å²) >= 11 is 0. The summed E-state index contributed by atoms with van der Waals surface area (Å²) in [7, 11) is 0. The molecule has 0 aromatic rings. The van der Waals surface area contributed by atoms with Crippen LogP contribution in [-0.2, 0) is 28.6 Å². The quantitative estimate of drug-likeness (QED) is 0.0262. The number of carbonyl (C=O) groups is 3. The third-order valence-electron chi connectivity index (χ3n) is 12.2. The molecular weight excluding hydrogens is 829 g/mol. The van der Waals surface area contributed by atoms with Crippen LogP contribution in [0.1, 0.15) is 278 Å². The van der Waals surface area contributed by atoms with Crippen LogP contribution in [0.5, 0.6) is 0 Å². The third kappa shape index (κ3) is 53.7. The number of hydrogen-bond acceptors (Lipinski definition) is 6. The maximum Gasteiger partial charge on any atom is 0.306 e. The van der Waals surface area contributed by atoms with Gasteiger partial charge in [-0.15, -0.1) is 0 Å². The van der Waals surface area contributed by atoms with Crippen molar-refractivity contribution >= 4 is 17.9 Å². The molecule has 0 saturated heterocycles. The SMILES string of the molecule is CCCCC/C=C\C/C=C\CCCCCCCC(=O)OC[C@H](COC(=O)CCC/C=C\C/C=C\C/C=C\CCCCCCCC)OC(=O)CCCCCCCCC/C=C\CCCCCCCC. The molecule has 1 atom stereocenters. The highest BCUT2D eigenvalue weighted by Gasteiger charge is 2.19. The largest absolute Gasteiger partial charge is 0.462 e. The maximum atomic E-state index is 12.8. The summed E-state index contributed by atoms with van der Waals surface area (Å²) in [5.74, 6) is -0.964. The van der Waals surface area contributed by atoms with Crippen molar-refractivity contribution in [3.05, 3.63) is 72.9 Å². The molecule has 0 aromatic carbocycles. The number of hydrogen-bond donors (Lipinski definition) is 0. The standard InChI is InChI=1S/C61H106O6/c1-4-7-10-13-16-19-22-25-28-30-33-36-39-42-45-48-51-54-60(63)66-57-58(56-65-59(62)53-50-47-44-41-38-35-32-27-24-21-18-15-12-9-6-3)67-61(64)55-52-49-46-43-40-37-34-31-29-26-23-20-17-14-11-8-5-2/h18,21,25-29,32-33,36,42,45,58H,4-17,19-20,22-24,30-31,34-35,37-41,43-44,46-57H2,1-3H3/b21-18-,28-25-,29-26-,32-27-,36-33-,45-42-/t58-/m1/s1. The predicted octanol–water partition coefficient (Wildman–Crippen LogP) is 19.0. The first-order valence-electron chi connectivity index (χ1n) is 28.4. The Bertz CT molecular complexity index is 1260. The van der Waals surface area contributed by atoms with E-state index < -0.39 is 6.10 Å². The molecule has 0 amide bonds. The molecule has 0 aliphatic rings. The maximum absolute atomic E-state index is 12.8. The number of ether oxygens (including phenoxy) is 3. The molecule has 0 heterocycles. The highest BCUT2D eigenvalue weighted by atomic mass is 16.6. The Labute approximate surface area is 414 Å². The lowest BCUT2D eigenvalue weighted by atomic mass is 10.1. The molecule has 0 saturated carbocycles. The molecule has 0 radical (unpaired) electrons. The van der Waals surface area contributed by atoms with Crippen LogP contribution < -0.4 is 0 Å². The molecule has 0 spiro atoms. The molecule has 0 aromatic heterocycles. The van der Waals surface area contributed by atoms with E-state index in [0.717, 1.165) is 83.5 Å². The summed E-state index contributed by atoms with van der Waals surface area (Å²) in [6.45, 7) is 6.56. The van der Waals surface area contributed by atoms with E-state index in [0.29, 0.717) is 19.3 Å². The molecule has 386 valence electrons. The molecule has 0 fully saturated rings. The van der Waals surface area contributed by atoms with Crippen molar-refractivity contribution in [1.82, 2.24) is 0 Å². The first kappa shape index (κ1) is 63.8. The van der Waals surface area contributed by atoms with Gasteiger partial charge in [0.2, 0.25) is 0 Å². The van der Waals surface area contributed by atoms with E-state index >= 15 is 0 Å². The Balaban J connectivity index is 4.48. The summed E-state index contributed by atoms with van der Waals surface area (Å²) < 4.78 is 16.8. The predicted molar refractivity (Wildman–Crippen MR) is 288 cm³/mol. The van der Waals surface area contributed by atoms with Crippen LogP contribution in [0.15, 0.2) is 72.9 Å². The molecule has 0 N–H and O–H groups in total. The van der Waals surface area contributed by atoms with Crippen LogP contribution in [0.25, 0.3) is 0 Å². The average molecular weight is 936 g/mol. The van der Waals surface area contributed by atoms with Crippen LogP contribution in [0.2, 0.25) is 0 Å². The zero-order valence-corrected chi connectivity index (χ0v) is 44.2. The molecule has 6 heteroatoms. The van der Waals surface area contributed by atoms with E-state index in [1.807, 2.05) is 0 Å². The zero-order valence-electron chi connectivity index (χ0n) is 44.2. The normalized spacial score (nSPS) is 12.6. The molecule has 0 unspecified atom stereocenters. The fraction of sp³-hybridized carbons (Fsp3) is 0.754. The van der Waals surface area contributed by atoms with Crippen LogP contribution in [-0.4, -0.2) is 37.2 Å². The summed E-state index contributed by atoms with van der Waals surface area (Å²) in [6.07, 6.45) is 70.3. The minimum atomic E-state index is -0.804. The molecule has 67 heavy (non-hydrogen) atoms. The topological polar surface area (TPSA) is 78.9 Å². The van der Waals surface area contributed by atoms with Crippen LogP contribution >= 0.6 is 0 Å². The first-order valence-corrected chi connectivity index (χ1v) is 28.4. The van der Waals surface area contributed by atoms with Gasteiger partial charge in [0.1, 0.15) is 13.2 Å². The number of rotatable bonds is 51. The van der Waals surface area contributed by atoms with Crippen molar-refractivity contribution in [2.24, 2.45) is 0 Å². The van der Waals surface area contributed by atoms with Gasteiger partial charge in [0.25, 0.3) is 0 Å². The summed E-state index contributed by atoms with van der Waals surface area (Å²) in [5, 5.41) is 0. The van der Waals surface area contributed by atoms with Gasteiger partial charge in [-0.25, -0.2) is 0 Å². The Morgan fingerprint density at radius 2 is 0.552 bits per heavy atom. The highest BCUT2D eigenvalue weighted by molar-refractivity contribution is 5.71. The minimum Gasteiger partial charge on any atom is -0.462 e. The van der Waals surface area contributed by atoms with Gasteiger partial charge in [-0.05, 0) is 109 Å². The van der Waals surface area contributed by atoms with E-state index in [-0.39, 0.29) is 37.5 Å². The number of esters is 3. The minimum absolute atomic E-state index is 0.0997. The van der Waals surface area contributed by atoms with Crippen molar-refractivity contribution < 1.29 is 28.6 Å². The van der Waals surface area contributed by atoms with Crippen molar-refractivity contribution in [1.29, 1.82) is 0 Å². The second kappa shape index (κ2) is 55.4. The average Bonchev–Trinajstić information content (AvgIpc) is 3.33. The van der Waals surface area contributed by atoms with Gasteiger partial charge in [-0.2, -0.15) is 0 Å². The van der Waals surface area contributed by atoms with E-state index in [1.54, 1.807) is 0 Å². The van der Waals surface area contributed by atoms with Gasteiger partial charge in [0.15, 0.2) is 6.10 Å². The molecule has 0 aliphatic carbocycles. The van der Waals surface area contributed by atoms with Crippen molar-refractivity contribution in [2.45, 2.75) is 284 Å². The van der Waals surface area contributed by atoms with Crippen LogP contribution in [0, 0.1) is 0 Å². The highest BCUT2D eigenvalue weighted by Crippen LogP contribution is 2.14. The molecule has 0 bridgehead atoms. The fourth-order valence-corrected chi connectivity index (χ4v) is 7.84. The Kier molecular flexibility index (Phi) is 52.8. The number of allylic oxidation sites excluding steroid dienone is 12. The van der Waals surface area contributed by atoms with Crippen LogP contribution in [0.4, 0.5) is 0 Å². The lowest BCUT2D eigenvalue weighted by molar-refractivity contribution is -0.167. The van der Waals surface area contributed by atoms with Gasteiger partial charge >= 0.3 is 17.9 Å². The Hall–Kier alpha value is -3.15. The summed E-state index contributed by atoms with van der Waals surface area (Å²) in [4.78, 5) is 38.1. The lowest BCUT2D eigenvalue weighted by Crippen LogP contribution is -2.30.